The first kappa shape index (κ1) is 14.8. The standard InChI is InChI=1S/C17H21N5S/c1-13-7-6-8-14(11-13)16-20-22-15(18-19-17(22)23-16)12-21-9-4-2-3-5-10-21/h6-8,11H,2-5,9-10,12H2,1H3. The summed E-state index contributed by atoms with van der Waals surface area (Å²) in [5, 5.41) is 14.4. The summed E-state index contributed by atoms with van der Waals surface area (Å²) >= 11 is 1.61. The van der Waals surface area contributed by atoms with Gasteiger partial charge in [0.25, 0.3) is 0 Å². The van der Waals surface area contributed by atoms with E-state index >= 15 is 0 Å². The molecule has 2 aromatic heterocycles. The van der Waals surface area contributed by atoms with Crippen LogP contribution in [0, 0.1) is 6.92 Å². The number of fused-ring (bicyclic) bond motifs is 1. The molecule has 120 valence electrons. The van der Waals surface area contributed by atoms with Gasteiger partial charge in [0.2, 0.25) is 4.96 Å². The summed E-state index contributed by atoms with van der Waals surface area (Å²) in [6.45, 7) is 5.26. The van der Waals surface area contributed by atoms with Gasteiger partial charge in [-0.05, 0) is 38.9 Å². The highest BCUT2D eigenvalue weighted by Crippen LogP contribution is 2.26. The van der Waals surface area contributed by atoms with Gasteiger partial charge >= 0.3 is 0 Å². The predicted molar refractivity (Wildman–Crippen MR) is 92.6 cm³/mol. The average Bonchev–Trinajstić information content (AvgIpc) is 3.02. The number of aromatic nitrogens is 4. The maximum Gasteiger partial charge on any atom is 0.235 e. The van der Waals surface area contributed by atoms with Gasteiger partial charge in [-0.15, -0.1) is 10.2 Å². The summed E-state index contributed by atoms with van der Waals surface area (Å²) < 4.78 is 1.92. The number of rotatable bonds is 3. The number of hydrogen-bond acceptors (Lipinski definition) is 5. The lowest BCUT2D eigenvalue weighted by Gasteiger charge is -2.17. The first-order chi connectivity index (χ1) is 11.3. The van der Waals surface area contributed by atoms with Gasteiger partial charge in [-0.1, -0.05) is 47.9 Å². The van der Waals surface area contributed by atoms with E-state index < -0.39 is 0 Å². The quantitative estimate of drug-likeness (QED) is 0.738. The van der Waals surface area contributed by atoms with E-state index in [-0.39, 0.29) is 0 Å². The molecule has 0 atom stereocenters. The van der Waals surface area contributed by atoms with Crippen LogP contribution in [0.2, 0.25) is 0 Å². The molecule has 1 saturated heterocycles. The molecule has 5 nitrogen and oxygen atoms in total. The molecule has 0 bridgehead atoms. The van der Waals surface area contributed by atoms with Gasteiger partial charge in [0.1, 0.15) is 5.01 Å². The van der Waals surface area contributed by atoms with Crippen LogP contribution in [0.15, 0.2) is 24.3 Å². The second-order valence-corrected chi connectivity index (χ2v) is 7.23. The van der Waals surface area contributed by atoms with E-state index in [2.05, 4.69) is 46.3 Å². The van der Waals surface area contributed by atoms with E-state index in [0.29, 0.717) is 0 Å². The molecule has 0 aliphatic carbocycles. The highest BCUT2D eigenvalue weighted by molar-refractivity contribution is 7.19. The minimum Gasteiger partial charge on any atom is -0.296 e. The van der Waals surface area contributed by atoms with Crippen molar-refractivity contribution in [2.45, 2.75) is 39.2 Å². The molecule has 4 rings (SSSR count). The van der Waals surface area contributed by atoms with Gasteiger partial charge in [0, 0.05) is 5.56 Å². The van der Waals surface area contributed by atoms with Crippen LogP contribution in [0.3, 0.4) is 0 Å². The molecule has 0 N–H and O–H groups in total. The fourth-order valence-electron chi connectivity index (χ4n) is 3.15. The van der Waals surface area contributed by atoms with Crippen LogP contribution in [-0.4, -0.2) is 37.8 Å². The highest BCUT2D eigenvalue weighted by atomic mass is 32.1. The molecule has 0 unspecified atom stereocenters. The molecule has 6 heteroatoms. The molecule has 0 saturated carbocycles. The third kappa shape index (κ3) is 3.14. The third-order valence-electron chi connectivity index (χ3n) is 4.38. The molecule has 23 heavy (non-hydrogen) atoms. The third-order valence-corrected chi connectivity index (χ3v) is 5.33. The molecule has 1 aliphatic heterocycles. The highest BCUT2D eigenvalue weighted by Gasteiger charge is 2.16. The normalized spacial score (nSPS) is 16.7. The molecule has 0 spiro atoms. The number of likely N-dealkylation sites (tertiary alicyclic amines) is 1. The van der Waals surface area contributed by atoms with Gasteiger partial charge in [-0.2, -0.15) is 9.61 Å². The van der Waals surface area contributed by atoms with Crippen molar-refractivity contribution < 1.29 is 0 Å². The Morgan fingerprint density at radius 2 is 1.91 bits per heavy atom. The van der Waals surface area contributed by atoms with E-state index in [0.717, 1.165) is 41.0 Å². The summed E-state index contributed by atoms with van der Waals surface area (Å²) in [7, 11) is 0. The van der Waals surface area contributed by atoms with Crippen LogP contribution in [-0.2, 0) is 6.54 Å². The summed E-state index contributed by atoms with van der Waals surface area (Å²) in [6, 6.07) is 8.45. The van der Waals surface area contributed by atoms with Gasteiger partial charge in [-0.3, -0.25) is 4.90 Å². The number of aryl methyl sites for hydroxylation is 1. The Hall–Kier alpha value is -1.79. The first-order valence-corrected chi connectivity index (χ1v) is 9.12. The lowest BCUT2D eigenvalue weighted by Crippen LogP contribution is -2.25. The maximum atomic E-state index is 4.76. The van der Waals surface area contributed by atoms with Crippen molar-refractivity contribution >= 4 is 16.3 Å². The zero-order valence-electron chi connectivity index (χ0n) is 13.4. The van der Waals surface area contributed by atoms with Crippen LogP contribution in [0.5, 0.6) is 0 Å². The van der Waals surface area contributed by atoms with E-state index in [1.54, 1.807) is 11.3 Å². The minimum atomic E-state index is 0.845. The molecule has 0 amide bonds. The van der Waals surface area contributed by atoms with Crippen LogP contribution < -0.4 is 0 Å². The van der Waals surface area contributed by atoms with E-state index in [4.69, 9.17) is 5.10 Å². The van der Waals surface area contributed by atoms with Gasteiger partial charge in [-0.25, -0.2) is 0 Å². The molecule has 1 fully saturated rings. The van der Waals surface area contributed by atoms with E-state index in [1.807, 2.05) is 4.52 Å². The lowest BCUT2D eigenvalue weighted by atomic mass is 10.1. The maximum absolute atomic E-state index is 4.76. The van der Waals surface area contributed by atoms with Crippen molar-refractivity contribution in [2.75, 3.05) is 13.1 Å². The molecule has 0 radical (unpaired) electrons. The topological polar surface area (TPSA) is 46.3 Å². The lowest BCUT2D eigenvalue weighted by molar-refractivity contribution is 0.268. The monoisotopic (exact) mass is 327 g/mol. The largest absolute Gasteiger partial charge is 0.296 e. The summed E-state index contributed by atoms with van der Waals surface area (Å²) in [6.07, 6.45) is 5.26. The Balaban J connectivity index is 1.61. The number of nitrogens with zero attached hydrogens (tertiary/aromatic N) is 5. The van der Waals surface area contributed by atoms with E-state index in [1.165, 1.54) is 31.2 Å². The Labute approximate surface area is 140 Å². The average molecular weight is 327 g/mol. The van der Waals surface area contributed by atoms with Crippen molar-refractivity contribution in [2.24, 2.45) is 0 Å². The van der Waals surface area contributed by atoms with Crippen LogP contribution >= 0.6 is 11.3 Å². The van der Waals surface area contributed by atoms with Crippen molar-refractivity contribution in [1.82, 2.24) is 24.7 Å². The first-order valence-electron chi connectivity index (χ1n) is 8.30. The second-order valence-electron chi connectivity index (χ2n) is 6.28. The van der Waals surface area contributed by atoms with Crippen molar-refractivity contribution in [3.05, 3.63) is 35.7 Å². The Bertz CT molecular complexity index is 798. The predicted octanol–water partition coefficient (Wildman–Crippen LogP) is 3.54. The fourth-order valence-corrected chi connectivity index (χ4v) is 4.00. The van der Waals surface area contributed by atoms with Gasteiger partial charge in [0.15, 0.2) is 5.82 Å². The summed E-state index contributed by atoms with van der Waals surface area (Å²) in [5.74, 6) is 0.956. The Kier molecular flexibility index (Phi) is 4.10. The molecule has 3 aromatic rings. The zero-order valence-corrected chi connectivity index (χ0v) is 14.2. The van der Waals surface area contributed by atoms with Crippen LogP contribution in [0.4, 0.5) is 0 Å². The molecule has 1 aromatic carbocycles. The zero-order chi connectivity index (χ0) is 15.6. The number of benzene rings is 1. The van der Waals surface area contributed by atoms with Crippen molar-refractivity contribution in [1.29, 1.82) is 0 Å². The van der Waals surface area contributed by atoms with Gasteiger partial charge < -0.3 is 0 Å². The SMILES string of the molecule is Cc1cccc(-c2nn3c(CN4CCCCCC4)nnc3s2)c1. The summed E-state index contributed by atoms with van der Waals surface area (Å²) in [5.41, 5.74) is 2.40. The smallest absolute Gasteiger partial charge is 0.235 e. The molecule has 1 aliphatic rings. The molecular formula is C17H21N5S. The van der Waals surface area contributed by atoms with Crippen LogP contribution in [0.1, 0.15) is 37.1 Å². The number of hydrogen-bond donors (Lipinski definition) is 0. The fraction of sp³-hybridized carbons (Fsp3) is 0.471. The Morgan fingerprint density at radius 3 is 2.70 bits per heavy atom. The van der Waals surface area contributed by atoms with Crippen molar-refractivity contribution in [3.8, 4) is 10.6 Å². The molecule has 3 heterocycles. The van der Waals surface area contributed by atoms with Gasteiger partial charge in [0.05, 0.1) is 6.54 Å². The Morgan fingerprint density at radius 1 is 1.09 bits per heavy atom. The van der Waals surface area contributed by atoms with Crippen LogP contribution in [0.25, 0.3) is 15.5 Å². The molecular weight excluding hydrogens is 306 g/mol. The second kappa shape index (κ2) is 6.37. The van der Waals surface area contributed by atoms with E-state index in [9.17, 15) is 0 Å². The summed E-state index contributed by atoms with van der Waals surface area (Å²) in [4.78, 5) is 3.36. The van der Waals surface area contributed by atoms with Crippen molar-refractivity contribution in [3.63, 3.8) is 0 Å². The minimum absolute atomic E-state index is 0.845.